The quantitative estimate of drug-likeness (QED) is 0.657. The molecule has 1 aliphatic carbocycles. The molecule has 0 N–H and O–H groups in total. The van der Waals surface area contributed by atoms with Crippen LogP contribution < -0.4 is 14.2 Å². The number of ether oxygens (including phenoxy) is 3. The smallest absolute Gasteiger partial charge is 0.227 e. The second-order valence-electron chi connectivity index (χ2n) is 8.69. The van der Waals surface area contributed by atoms with E-state index in [1.54, 1.807) is 21.3 Å². The third-order valence-electron chi connectivity index (χ3n) is 6.99. The summed E-state index contributed by atoms with van der Waals surface area (Å²) < 4.78 is 16.4. The van der Waals surface area contributed by atoms with Crippen LogP contribution in [0.25, 0.3) is 0 Å². The van der Waals surface area contributed by atoms with Gasteiger partial charge in [0.25, 0.3) is 0 Å². The Morgan fingerprint density at radius 2 is 1.72 bits per heavy atom. The number of carbonyl (C=O) groups excluding carboxylic acids is 1. The van der Waals surface area contributed by atoms with Crippen molar-refractivity contribution in [1.29, 1.82) is 0 Å². The van der Waals surface area contributed by atoms with Crippen molar-refractivity contribution in [2.24, 2.45) is 0 Å². The van der Waals surface area contributed by atoms with E-state index in [4.69, 9.17) is 14.2 Å². The molecule has 1 saturated heterocycles. The molecule has 6 heteroatoms. The van der Waals surface area contributed by atoms with Crippen molar-refractivity contribution in [3.8, 4) is 17.2 Å². The molecule has 2 atom stereocenters. The Morgan fingerprint density at radius 3 is 2.41 bits per heavy atom. The first-order valence-electron chi connectivity index (χ1n) is 11.4. The molecule has 0 radical (unpaired) electrons. The van der Waals surface area contributed by atoms with Crippen LogP contribution in [0.3, 0.4) is 0 Å². The number of likely N-dealkylation sites (tertiary alicyclic amines) is 1. The molecular formula is C26H34N2O4. The first-order chi connectivity index (χ1) is 15.6. The number of hydrogen-bond acceptors (Lipinski definition) is 5. The fraction of sp³-hybridized carbons (Fsp3) is 0.500. The maximum atomic E-state index is 13.5. The highest BCUT2D eigenvalue weighted by molar-refractivity contribution is 5.79. The van der Waals surface area contributed by atoms with Crippen LogP contribution >= 0.6 is 0 Å². The standard InChI is InChI=1S/C26H34N2O4/c1-27(25(29)17-18-10-13-23(31-3)24(16-18)32-4)26-20-8-7-9-22(30-2)19(20)11-12-21(26)28-14-5-6-15-28/h7-10,13,16,21,26H,5-6,11-12,14-15,17H2,1-4H3/t21-,26-/m0/s1. The summed E-state index contributed by atoms with van der Waals surface area (Å²) in [4.78, 5) is 18.0. The van der Waals surface area contributed by atoms with E-state index >= 15 is 0 Å². The molecule has 172 valence electrons. The summed E-state index contributed by atoms with van der Waals surface area (Å²) in [6, 6.07) is 12.3. The molecule has 1 aliphatic heterocycles. The Hall–Kier alpha value is -2.73. The minimum Gasteiger partial charge on any atom is -0.496 e. The van der Waals surface area contributed by atoms with Crippen LogP contribution in [0.15, 0.2) is 36.4 Å². The number of nitrogens with zero attached hydrogens (tertiary/aromatic N) is 2. The van der Waals surface area contributed by atoms with E-state index in [-0.39, 0.29) is 11.9 Å². The Labute approximate surface area is 191 Å². The molecule has 1 amide bonds. The first kappa shape index (κ1) is 22.5. The zero-order chi connectivity index (χ0) is 22.7. The lowest BCUT2D eigenvalue weighted by atomic mass is 9.81. The molecule has 0 saturated carbocycles. The number of methoxy groups -OCH3 is 3. The van der Waals surface area contributed by atoms with Gasteiger partial charge >= 0.3 is 0 Å². The molecule has 6 nitrogen and oxygen atoms in total. The van der Waals surface area contributed by atoms with Gasteiger partial charge in [-0.3, -0.25) is 9.69 Å². The Balaban J connectivity index is 1.63. The van der Waals surface area contributed by atoms with Gasteiger partial charge in [-0.1, -0.05) is 18.2 Å². The summed E-state index contributed by atoms with van der Waals surface area (Å²) in [5, 5.41) is 0. The summed E-state index contributed by atoms with van der Waals surface area (Å²) in [6.07, 6.45) is 4.80. The minimum absolute atomic E-state index is 0.0135. The molecule has 0 aromatic heterocycles. The van der Waals surface area contributed by atoms with Crippen LogP contribution in [-0.4, -0.2) is 63.2 Å². The van der Waals surface area contributed by atoms with Gasteiger partial charge < -0.3 is 19.1 Å². The predicted molar refractivity (Wildman–Crippen MR) is 125 cm³/mol. The SMILES string of the molecule is COc1ccc(CC(=O)N(C)[C@H]2c3cccc(OC)c3CC[C@@H]2N2CCCC2)cc1OC. The van der Waals surface area contributed by atoms with E-state index in [1.165, 1.54) is 24.0 Å². The average Bonchev–Trinajstić information content (AvgIpc) is 3.37. The van der Waals surface area contributed by atoms with Gasteiger partial charge in [-0.2, -0.15) is 0 Å². The molecule has 1 heterocycles. The zero-order valence-corrected chi connectivity index (χ0v) is 19.6. The van der Waals surface area contributed by atoms with Gasteiger partial charge in [-0.05, 0) is 73.7 Å². The van der Waals surface area contributed by atoms with E-state index in [1.807, 2.05) is 42.3 Å². The lowest BCUT2D eigenvalue weighted by Gasteiger charge is -2.44. The molecule has 1 fully saturated rings. The first-order valence-corrected chi connectivity index (χ1v) is 11.4. The van der Waals surface area contributed by atoms with E-state index in [0.29, 0.717) is 24.0 Å². The Bertz CT molecular complexity index is 955. The van der Waals surface area contributed by atoms with Crippen molar-refractivity contribution in [3.63, 3.8) is 0 Å². The molecule has 0 unspecified atom stereocenters. The number of carbonyl (C=O) groups is 1. The monoisotopic (exact) mass is 438 g/mol. The summed E-state index contributed by atoms with van der Waals surface area (Å²) in [5.74, 6) is 2.33. The van der Waals surface area contributed by atoms with Gasteiger partial charge in [0.1, 0.15) is 5.75 Å². The third-order valence-corrected chi connectivity index (χ3v) is 6.99. The highest BCUT2D eigenvalue weighted by atomic mass is 16.5. The van der Waals surface area contributed by atoms with Crippen molar-refractivity contribution in [2.45, 2.75) is 44.2 Å². The summed E-state index contributed by atoms with van der Waals surface area (Å²) in [6.45, 7) is 2.22. The van der Waals surface area contributed by atoms with E-state index < -0.39 is 0 Å². The maximum absolute atomic E-state index is 13.5. The molecule has 0 bridgehead atoms. The number of fused-ring (bicyclic) bond motifs is 1. The van der Waals surface area contributed by atoms with Gasteiger partial charge in [0.15, 0.2) is 11.5 Å². The maximum Gasteiger partial charge on any atom is 0.227 e. The predicted octanol–water partition coefficient (Wildman–Crippen LogP) is 3.87. The van der Waals surface area contributed by atoms with Crippen LogP contribution in [0, 0.1) is 0 Å². The van der Waals surface area contributed by atoms with Gasteiger partial charge in [0, 0.05) is 13.1 Å². The van der Waals surface area contributed by atoms with Crippen molar-refractivity contribution in [1.82, 2.24) is 9.80 Å². The van der Waals surface area contributed by atoms with Crippen molar-refractivity contribution in [2.75, 3.05) is 41.5 Å². The molecule has 2 aromatic carbocycles. The molecule has 2 aromatic rings. The van der Waals surface area contributed by atoms with Crippen molar-refractivity contribution >= 4 is 5.91 Å². The molecule has 0 spiro atoms. The second-order valence-corrected chi connectivity index (χ2v) is 8.69. The number of rotatable bonds is 7. The molecular weight excluding hydrogens is 404 g/mol. The average molecular weight is 439 g/mol. The van der Waals surface area contributed by atoms with E-state index in [0.717, 1.165) is 37.2 Å². The lowest BCUT2D eigenvalue weighted by molar-refractivity contribution is -0.133. The molecule has 32 heavy (non-hydrogen) atoms. The normalized spacial score (nSPS) is 20.5. The van der Waals surface area contributed by atoms with Crippen molar-refractivity contribution < 1.29 is 19.0 Å². The largest absolute Gasteiger partial charge is 0.496 e. The number of likely N-dealkylation sites (N-methyl/N-ethyl adjacent to an activating group) is 1. The van der Waals surface area contributed by atoms with Crippen molar-refractivity contribution in [3.05, 3.63) is 53.1 Å². The van der Waals surface area contributed by atoms with E-state index in [9.17, 15) is 4.79 Å². The Kier molecular flexibility index (Phi) is 6.89. The third kappa shape index (κ3) is 4.29. The highest BCUT2D eigenvalue weighted by Crippen LogP contribution is 2.41. The van der Waals surface area contributed by atoms with Gasteiger partial charge in [-0.25, -0.2) is 0 Å². The van der Waals surface area contributed by atoms with Crippen LogP contribution in [-0.2, 0) is 17.6 Å². The van der Waals surface area contributed by atoms with Gasteiger partial charge in [0.05, 0.1) is 33.8 Å². The van der Waals surface area contributed by atoms with Crippen LogP contribution in [0.1, 0.15) is 42.0 Å². The fourth-order valence-corrected chi connectivity index (χ4v) is 5.34. The number of hydrogen-bond donors (Lipinski definition) is 0. The summed E-state index contributed by atoms with van der Waals surface area (Å²) in [5.41, 5.74) is 3.37. The fourth-order valence-electron chi connectivity index (χ4n) is 5.34. The Morgan fingerprint density at radius 1 is 1.00 bits per heavy atom. The molecule has 2 aliphatic rings. The van der Waals surface area contributed by atoms with Crippen LogP contribution in [0.2, 0.25) is 0 Å². The summed E-state index contributed by atoms with van der Waals surface area (Å²) >= 11 is 0. The number of benzene rings is 2. The summed E-state index contributed by atoms with van der Waals surface area (Å²) in [7, 11) is 6.90. The van der Waals surface area contributed by atoms with Gasteiger partial charge in [0.2, 0.25) is 5.91 Å². The topological polar surface area (TPSA) is 51.2 Å². The van der Waals surface area contributed by atoms with E-state index in [2.05, 4.69) is 11.0 Å². The molecule has 4 rings (SSSR count). The van der Waals surface area contributed by atoms with Crippen LogP contribution in [0.4, 0.5) is 0 Å². The number of amides is 1. The minimum atomic E-state index is 0.0135. The zero-order valence-electron chi connectivity index (χ0n) is 19.6. The second kappa shape index (κ2) is 9.82. The lowest BCUT2D eigenvalue weighted by Crippen LogP contribution is -2.48. The van der Waals surface area contributed by atoms with Crippen LogP contribution in [0.5, 0.6) is 17.2 Å². The highest BCUT2D eigenvalue weighted by Gasteiger charge is 2.39. The van der Waals surface area contributed by atoms with Gasteiger partial charge in [-0.15, -0.1) is 0 Å².